The minimum Gasteiger partial charge on any atom is -0.461 e. The molecule has 1 N–H and O–H groups in total. The van der Waals surface area contributed by atoms with Gasteiger partial charge in [-0.1, -0.05) is 16.9 Å². The van der Waals surface area contributed by atoms with Crippen molar-refractivity contribution in [2.45, 2.75) is 24.2 Å². The summed E-state index contributed by atoms with van der Waals surface area (Å²) in [4.78, 5) is 28.3. The number of aromatic nitrogens is 3. The monoisotopic (exact) mass is 358 g/mol. The van der Waals surface area contributed by atoms with Crippen LogP contribution in [0.15, 0.2) is 55.6 Å². The zero-order chi connectivity index (χ0) is 17.2. The number of rotatable bonds is 5. The van der Waals surface area contributed by atoms with E-state index in [0.29, 0.717) is 28.1 Å². The average Bonchev–Trinajstić information content (AvgIpc) is 3.34. The van der Waals surface area contributed by atoms with Crippen LogP contribution in [0.1, 0.15) is 18.2 Å². The lowest BCUT2D eigenvalue weighted by molar-refractivity contribution is -0.121. The summed E-state index contributed by atoms with van der Waals surface area (Å²) in [6.45, 7) is 0.248. The summed E-state index contributed by atoms with van der Waals surface area (Å²) in [6.07, 6.45) is 3.26. The van der Waals surface area contributed by atoms with Crippen molar-refractivity contribution in [2.75, 3.05) is 5.75 Å². The topological polar surface area (TPSA) is 103 Å². The molecule has 0 unspecified atom stereocenters. The standard InChI is InChI=1S/C16H14N4O4S/c21-14(7-11-9-25-16-17-4-3-15(22)20(11)16)18-8-10-6-13(24-19-10)12-2-1-5-23-12/h1-6,11H,7-9H2,(H,18,21)/t11-/m0/s1. The third-order valence-electron chi connectivity index (χ3n) is 3.83. The molecule has 9 heteroatoms. The predicted octanol–water partition coefficient (Wildman–Crippen LogP) is 1.84. The van der Waals surface area contributed by atoms with E-state index in [9.17, 15) is 9.59 Å². The van der Waals surface area contributed by atoms with Crippen molar-refractivity contribution >= 4 is 17.7 Å². The number of furan rings is 1. The van der Waals surface area contributed by atoms with Gasteiger partial charge < -0.3 is 14.3 Å². The van der Waals surface area contributed by atoms with E-state index >= 15 is 0 Å². The maximum absolute atomic E-state index is 12.2. The first-order valence-electron chi connectivity index (χ1n) is 7.67. The molecule has 1 amide bonds. The third kappa shape index (κ3) is 3.22. The van der Waals surface area contributed by atoms with Crippen LogP contribution >= 0.6 is 11.8 Å². The molecule has 0 saturated carbocycles. The van der Waals surface area contributed by atoms with Crippen LogP contribution < -0.4 is 10.9 Å². The molecule has 0 fully saturated rings. The maximum Gasteiger partial charge on any atom is 0.254 e. The molecule has 0 aliphatic carbocycles. The van der Waals surface area contributed by atoms with Crippen molar-refractivity contribution in [3.63, 3.8) is 0 Å². The lowest BCUT2D eigenvalue weighted by Crippen LogP contribution is -2.30. The van der Waals surface area contributed by atoms with Gasteiger partial charge in [0.25, 0.3) is 5.56 Å². The van der Waals surface area contributed by atoms with E-state index in [0.717, 1.165) is 0 Å². The normalized spacial score (nSPS) is 15.9. The Balaban J connectivity index is 1.36. The number of amides is 1. The molecule has 3 aromatic rings. The van der Waals surface area contributed by atoms with Crippen LogP contribution in [0.4, 0.5) is 0 Å². The van der Waals surface area contributed by atoms with E-state index in [2.05, 4.69) is 15.5 Å². The van der Waals surface area contributed by atoms with Gasteiger partial charge in [-0.15, -0.1) is 0 Å². The first-order valence-corrected chi connectivity index (χ1v) is 8.66. The summed E-state index contributed by atoms with van der Waals surface area (Å²) in [6, 6.07) is 6.47. The van der Waals surface area contributed by atoms with Crippen LogP contribution in [0.3, 0.4) is 0 Å². The molecule has 4 rings (SSSR count). The molecule has 1 aliphatic rings. The number of thioether (sulfide) groups is 1. The highest BCUT2D eigenvalue weighted by Crippen LogP contribution is 2.31. The molecule has 8 nitrogen and oxygen atoms in total. The second-order valence-corrected chi connectivity index (χ2v) is 6.53. The zero-order valence-corrected chi connectivity index (χ0v) is 13.9. The Hall–Kier alpha value is -2.81. The van der Waals surface area contributed by atoms with Crippen LogP contribution in [0, 0.1) is 0 Å². The molecule has 0 spiro atoms. The quantitative estimate of drug-likeness (QED) is 0.694. The van der Waals surface area contributed by atoms with Crippen LogP contribution in [0.5, 0.6) is 0 Å². The molecule has 4 heterocycles. The minimum absolute atomic E-state index is 0.132. The average molecular weight is 358 g/mol. The highest BCUT2D eigenvalue weighted by molar-refractivity contribution is 7.99. The molecule has 25 heavy (non-hydrogen) atoms. The molecule has 1 atom stereocenters. The summed E-state index contributed by atoms with van der Waals surface area (Å²) >= 11 is 1.48. The van der Waals surface area contributed by atoms with Gasteiger partial charge in [-0.2, -0.15) is 0 Å². The van der Waals surface area contributed by atoms with Crippen molar-refractivity contribution in [3.05, 3.63) is 52.8 Å². The fourth-order valence-electron chi connectivity index (χ4n) is 2.65. The first kappa shape index (κ1) is 15.7. The summed E-state index contributed by atoms with van der Waals surface area (Å²) in [5.41, 5.74) is 0.465. The van der Waals surface area contributed by atoms with Gasteiger partial charge in [0.15, 0.2) is 10.9 Å². The number of carbonyl (C=O) groups excluding carboxylic acids is 1. The summed E-state index contributed by atoms with van der Waals surface area (Å²) < 4.78 is 12.0. The molecular weight excluding hydrogens is 344 g/mol. The number of hydrogen-bond acceptors (Lipinski definition) is 7. The van der Waals surface area contributed by atoms with Gasteiger partial charge in [0.1, 0.15) is 5.69 Å². The fourth-order valence-corrected chi connectivity index (χ4v) is 3.77. The Bertz CT molecular complexity index is 947. The van der Waals surface area contributed by atoms with Crippen molar-refractivity contribution in [3.8, 4) is 11.5 Å². The van der Waals surface area contributed by atoms with Crippen LogP contribution in [0.2, 0.25) is 0 Å². The molecule has 0 bridgehead atoms. The number of hydrogen-bond donors (Lipinski definition) is 1. The van der Waals surface area contributed by atoms with Gasteiger partial charge in [0, 0.05) is 30.5 Å². The number of nitrogens with zero attached hydrogens (tertiary/aromatic N) is 3. The summed E-state index contributed by atoms with van der Waals surface area (Å²) in [5.74, 6) is 1.59. The molecule has 0 radical (unpaired) electrons. The van der Waals surface area contributed by atoms with Gasteiger partial charge in [0.2, 0.25) is 11.7 Å². The molecule has 128 valence electrons. The highest BCUT2D eigenvalue weighted by Gasteiger charge is 2.26. The minimum atomic E-state index is -0.183. The Morgan fingerprint density at radius 2 is 2.32 bits per heavy atom. The van der Waals surface area contributed by atoms with Gasteiger partial charge >= 0.3 is 0 Å². The number of nitrogens with one attached hydrogen (secondary N) is 1. The van der Waals surface area contributed by atoms with Crippen molar-refractivity contribution < 1.29 is 13.7 Å². The smallest absolute Gasteiger partial charge is 0.254 e. The van der Waals surface area contributed by atoms with Crippen molar-refractivity contribution in [1.82, 2.24) is 20.0 Å². The van der Waals surface area contributed by atoms with Gasteiger partial charge in [0.05, 0.1) is 18.8 Å². The van der Waals surface area contributed by atoms with E-state index in [4.69, 9.17) is 8.94 Å². The molecule has 3 aromatic heterocycles. The molecular formula is C16H14N4O4S. The van der Waals surface area contributed by atoms with Crippen LogP contribution in [-0.2, 0) is 11.3 Å². The van der Waals surface area contributed by atoms with E-state index in [1.54, 1.807) is 29.0 Å². The summed E-state index contributed by atoms with van der Waals surface area (Å²) in [7, 11) is 0. The molecule has 0 aromatic carbocycles. The summed E-state index contributed by atoms with van der Waals surface area (Å²) in [5, 5.41) is 7.36. The first-order chi connectivity index (χ1) is 12.2. The number of fused-ring (bicyclic) bond motifs is 1. The van der Waals surface area contributed by atoms with E-state index in [1.165, 1.54) is 24.0 Å². The van der Waals surface area contributed by atoms with Crippen molar-refractivity contribution in [1.29, 1.82) is 0 Å². The Kier molecular flexibility index (Phi) is 4.14. The van der Waals surface area contributed by atoms with Gasteiger partial charge in [-0.3, -0.25) is 14.2 Å². The molecule has 1 aliphatic heterocycles. The largest absolute Gasteiger partial charge is 0.461 e. The van der Waals surface area contributed by atoms with E-state index < -0.39 is 0 Å². The van der Waals surface area contributed by atoms with Gasteiger partial charge in [-0.25, -0.2) is 4.98 Å². The number of carbonyl (C=O) groups is 1. The second kappa shape index (κ2) is 6.60. The highest BCUT2D eigenvalue weighted by atomic mass is 32.2. The fraction of sp³-hybridized carbons (Fsp3) is 0.250. The van der Waals surface area contributed by atoms with Gasteiger partial charge in [-0.05, 0) is 12.1 Å². The Labute approximate surface area is 146 Å². The third-order valence-corrected chi connectivity index (χ3v) is 4.94. The SMILES string of the molecule is O=C(C[C@H]1CSc2nccc(=O)n21)NCc1cc(-c2ccco2)on1. The second-order valence-electron chi connectivity index (χ2n) is 5.54. The van der Waals surface area contributed by atoms with Crippen LogP contribution in [-0.4, -0.2) is 26.4 Å². The maximum atomic E-state index is 12.2. The lowest BCUT2D eigenvalue weighted by Gasteiger charge is -2.12. The predicted molar refractivity (Wildman–Crippen MR) is 88.9 cm³/mol. The van der Waals surface area contributed by atoms with E-state index in [-0.39, 0.29) is 30.5 Å². The Morgan fingerprint density at radius 1 is 1.40 bits per heavy atom. The molecule has 0 saturated heterocycles. The van der Waals surface area contributed by atoms with E-state index in [1.807, 2.05) is 0 Å². The lowest BCUT2D eigenvalue weighted by atomic mass is 10.2. The van der Waals surface area contributed by atoms with Crippen LogP contribution in [0.25, 0.3) is 11.5 Å². The zero-order valence-electron chi connectivity index (χ0n) is 13.0. The Morgan fingerprint density at radius 3 is 3.16 bits per heavy atom. The van der Waals surface area contributed by atoms with Crippen molar-refractivity contribution in [2.24, 2.45) is 0 Å².